The number of likely N-dealkylation sites (N-methyl/N-ethyl adjacent to an activating group) is 1. The van der Waals surface area contributed by atoms with Crippen molar-refractivity contribution in [2.45, 2.75) is 37.6 Å². The molecule has 2 bridgehead atoms. The predicted molar refractivity (Wildman–Crippen MR) is 89.5 cm³/mol. The van der Waals surface area contributed by atoms with Crippen molar-refractivity contribution in [1.29, 1.82) is 0 Å². The van der Waals surface area contributed by atoms with Crippen LogP contribution in [0.2, 0.25) is 0 Å². The van der Waals surface area contributed by atoms with Crippen LogP contribution in [-0.2, 0) is 11.0 Å². The van der Waals surface area contributed by atoms with Gasteiger partial charge in [-0.2, -0.15) is 13.2 Å². The van der Waals surface area contributed by atoms with E-state index in [1.165, 1.54) is 4.90 Å². The summed E-state index contributed by atoms with van der Waals surface area (Å²) in [5.74, 6) is -0.930. The van der Waals surface area contributed by atoms with Crippen LogP contribution in [0, 0.1) is 5.92 Å². The summed E-state index contributed by atoms with van der Waals surface area (Å²) in [6.45, 7) is 1.99. The Morgan fingerprint density at radius 1 is 1.42 bits per heavy atom. The first kappa shape index (κ1) is 18.9. The van der Waals surface area contributed by atoms with E-state index in [1.807, 2.05) is 0 Å². The monoisotopic (exact) mass is 391 g/mol. The molecule has 2 aliphatic heterocycles. The maximum atomic E-state index is 13.2. The minimum Gasteiger partial charge on any atom is -0.375 e. The number of nitrogens with one attached hydrogen (secondary N) is 1. The van der Waals surface area contributed by atoms with Gasteiger partial charge in [0, 0.05) is 12.0 Å². The molecule has 1 saturated carbocycles. The summed E-state index contributed by atoms with van der Waals surface area (Å²) >= 11 is 0.262. The summed E-state index contributed by atoms with van der Waals surface area (Å²) in [5.41, 5.74) is 4.75. The van der Waals surface area contributed by atoms with E-state index < -0.39 is 22.7 Å². The zero-order chi connectivity index (χ0) is 19.4. The standard InChI is InChI=1S/C15H20F3N5O2S/c1-6-7-4-8(10(7)20-9(24)5-22(2)3)23(6)13(25)11-12(15(16,17)18)26-14(19)21-11/h6-8,10H,4-5H2,1-3H3,(H2,19,21)(H,20,24)/t6-,7-,8-,10+/m1/s1. The zero-order valence-corrected chi connectivity index (χ0v) is 15.3. The quantitative estimate of drug-likeness (QED) is 0.800. The molecule has 0 spiro atoms. The summed E-state index contributed by atoms with van der Waals surface area (Å²) in [7, 11) is 3.53. The van der Waals surface area contributed by atoms with E-state index in [1.54, 1.807) is 25.9 Å². The van der Waals surface area contributed by atoms with Crippen LogP contribution >= 0.6 is 11.3 Å². The van der Waals surface area contributed by atoms with Crippen molar-refractivity contribution in [3.63, 3.8) is 0 Å². The van der Waals surface area contributed by atoms with Gasteiger partial charge in [0.2, 0.25) is 5.91 Å². The topological polar surface area (TPSA) is 91.6 Å². The van der Waals surface area contributed by atoms with Gasteiger partial charge in [0.05, 0.1) is 18.6 Å². The van der Waals surface area contributed by atoms with E-state index in [0.717, 1.165) is 0 Å². The highest BCUT2D eigenvalue weighted by atomic mass is 32.1. The number of nitrogens with zero attached hydrogens (tertiary/aromatic N) is 3. The second-order valence-corrected chi connectivity index (χ2v) is 8.01. The summed E-state index contributed by atoms with van der Waals surface area (Å²) in [5, 5.41) is 2.59. The Bertz CT molecular complexity index is 735. The first-order valence-corrected chi connectivity index (χ1v) is 8.92. The van der Waals surface area contributed by atoms with Crippen molar-refractivity contribution in [1.82, 2.24) is 20.1 Å². The second kappa shape index (κ2) is 6.38. The molecule has 1 aromatic heterocycles. The first-order valence-electron chi connectivity index (χ1n) is 8.11. The molecule has 3 N–H and O–H groups in total. The minimum absolute atomic E-state index is 0.0281. The lowest BCUT2D eigenvalue weighted by molar-refractivity contribution is -0.135. The van der Waals surface area contributed by atoms with Gasteiger partial charge in [-0.25, -0.2) is 4.98 Å². The third-order valence-electron chi connectivity index (χ3n) is 4.93. The third-order valence-corrected chi connectivity index (χ3v) is 5.86. The molecule has 1 aromatic rings. The summed E-state index contributed by atoms with van der Waals surface area (Å²) in [6.07, 6.45) is -4.04. The van der Waals surface area contributed by atoms with Crippen LogP contribution in [0.1, 0.15) is 28.7 Å². The maximum Gasteiger partial charge on any atom is 0.428 e. The van der Waals surface area contributed by atoms with Crippen LogP contribution in [0.15, 0.2) is 0 Å². The van der Waals surface area contributed by atoms with Crippen molar-refractivity contribution in [3.8, 4) is 0 Å². The number of amides is 2. The van der Waals surface area contributed by atoms with Crippen molar-refractivity contribution >= 4 is 28.3 Å². The van der Waals surface area contributed by atoms with Gasteiger partial charge in [0.25, 0.3) is 5.91 Å². The largest absolute Gasteiger partial charge is 0.428 e. The van der Waals surface area contributed by atoms with Crippen LogP contribution in [0.5, 0.6) is 0 Å². The number of aromatic nitrogens is 1. The molecule has 4 rings (SSSR count). The second-order valence-electron chi connectivity index (χ2n) is 6.98. The molecular formula is C15H20F3N5O2S. The van der Waals surface area contributed by atoms with Gasteiger partial charge in [-0.15, -0.1) is 0 Å². The Kier molecular flexibility index (Phi) is 4.63. The molecule has 26 heavy (non-hydrogen) atoms. The van der Waals surface area contributed by atoms with Crippen molar-refractivity contribution in [2.24, 2.45) is 5.92 Å². The average Bonchev–Trinajstić information content (AvgIpc) is 3.11. The fourth-order valence-electron chi connectivity index (χ4n) is 3.81. The number of thiazole rings is 1. The molecule has 0 aromatic carbocycles. The van der Waals surface area contributed by atoms with Crippen LogP contribution < -0.4 is 11.1 Å². The number of nitrogen functional groups attached to an aromatic ring is 1. The Morgan fingerprint density at radius 3 is 2.65 bits per heavy atom. The molecular weight excluding hydrogens is 371 g/mol. The minimum atomic E-state index is -4.69. The number of alkyl halides is 3. The number of carbonyl (C=O) groups excluding carboxylic acids is 2. The molecule has 144 valence electrons. The van der Waals surface area contributed by atoms with Crippen LogP contribution in [-0.4, -0.2) is 65.4 Å². The number of carbonyl (C=O) groups is 2. The average molecular weight is 391 g/mol. The summed E-state index contributed by atoms with van der Waals surface area (Å²) in [6, 6.07) is -0.842. The molecule has 1 aliphatic carbocycles. The highest BCUT2D eigenvalue weighted by Gasteiger charge is 2.59. The maximum absolute atomic E-state index is 13.2. The molecule has 3 aliphatic rings. The number of nitrogens with two attached hydrogens (primary N) is 1. The SMILES string of the molecule is C[C@@H]1[C@H]2C[C@H]([C@H]2NC(=O)CN(C)C)N1C(=O)c1nc(N)sc1C(F)(F)F. The van der Waals surface area contributed by atoms with Crippen LogP contribution in [0.3, 0.4) is 0 Å². The molecule has 0 radical (unpaired) electrons. The lowest BCUT2D eigenvalue weighted by atomic mass is 9.77. The number of hydrogen-bond donors (Lipinski definition) is 2. The van der Waals surface area contributed by atoms with Crippen molar-refractivity contribution < 1.29 is 22.8 Å². The van der Waals surface area contributed by atoms with E-state index in [-0.39, 0.29) is 53.0 Å². The smallest absolute Gasteiger partial charge is 0.375 e. The van der Waals surface area contributed by atoms with Gasteiger partial charge >= 0.3 is 6.18 Å². The van der Waals surface area contributed by atoms with Crippen molar-refractivity contribution in [2.75, 3.05) is 26.4 Å². The normalized spacial score (nSPS) is 27.6. The highest BCUT2D eigenvalue weighted by Crippen LogP contribution is 2.47. The summed E-state index contributed by atoms with van der Waals surface area (Å²) < 4.78 is 39.5. The molecule has 2 amide bonds. The van der Waals surface area contributed by atoms with Gasteiger partial charge in [-0.1, -0.05) is 11.3 Å². The Labute approximate surface area is 152 Å². The van der Waals surface area contributed by atoms with E-state index in [2.05, 4.69) is 10.3 Å². The lowest BCUT2D eigenvalue weighted by Gasteiger charge is -2.37. The predicted octanol–water partition coefficient (Wildman–Crippen LogP) is 1.02. The summed E-state index contributed by atoms with van der Waals surface area (Å²) in [4.78, 5) is 30.4. The van der Waals surface area contributed by atoms with E-state index >= 15 is 0 Å². The fourth-order valence-corrected chi connectivity index (χ4v) is 4.50. The number of halogens is 3. The number of rotatable bonds is 4. The Hall–Kier alpha value is -1.88. The fraction of sp³-hybridized carbons (Fsp3) is 0.667. The van der Waals surface area contributed by atoms with Crippen LogP contribution in [0.25, 0.3) is 0 Å². The number of fused-ring (bicyclic) bond motifs is 1. The van der Waals surface area contributed by atoms with Gasteiger partial charge < -0.3 is 20.9 Å². The molecule has 2 saturated heterocycles. The van der Waals surface area contributed by atoms with E-state index in [4.69, 9.17) is 5.73 Å². The Morgan fingerprint density at radius 2 is 2.08 bits per heavy atom. The number of hydrogen-bond acceptors (Lipinski definition) is 6. The van der Waals surface area contributed by atoms with E-state index in [9.17, 15) is 22.8 Å². The molecule has 11 heteroatoms. The van der Waals surface area contributed by atoms with Gasteiger partial charge in [0.1, 0.15) is 4.88 Å². The highest BCUT2D eigenvalue weighted by molar-refractivity contribution is 7.15. The third kappa shape index (κ3) is 3.13. The lowest BCUT2D eigenvalue weighted by Crippen LogP contribution is -2.56. The zero-order valence-electron chi connectivity index (χ0n) is 14.5. The molecule has 7 nitrogen and oxygen atoms in total. The Balaban J connectivity index is 1.79. The molecule has 3 heterocycles. The molecule has 4 atom stereocenters. The van der Waals surface area contributed by atoms with E-state index in [0.29, 0.717) is 6.42 Å². The van der Waals surface area contributed by atoms with Crippen molar-refractivity contribution in [3.05, 3.63) is 10.6 Å². The van der Waals surface area contributed by atoms with Gasteiger partial charge in [-0.3, -0.25) is 9.59 Å². The van der Waals surface area contributed by atoms with Gasteiger partial charge in [0.15, 0.2) is 10.8 Å². The van der Waals surface area contributed by atoms with Crippen LogP contribution in [0.4, 0.5) is 18.3 Å². The molecule has 3 fully saturated rings. The van der Waals surface area contributed by atoms with Gasteiger partial charge in [-0.05, 0) is 27.4 Å². The molecule has 0 unspecified atom stereocenters. The number of anilines is 1. The first-order chi connectivity index (χ1) is 12.0.